The van der Waals surface area contributed by atoms with E-state index in [1.165, 1.54) is 0 Å². The van der Waals surface area contributed by atoms with Gasteiger partial charge in [-0.2, -0.15) is 5.10 Å². The van der Waals surface area contributed by atoms with Crippen LogP contribution >= 0.6 is 0 Å². The zero-order valence-electron chi connectivity index (χ0n) is 19.3. The number of ether oxygens (including phenoxy) is 1. The normalized spacial score (nSPS) is 16.3. The standard InChI is InChI=1S/C25H33N5O2/c1-4-13-30-25-19(17-26-30)10-11-23(27-25)20-7-6-14-29(18-20)24(31)12-15-28(2)21-8-5-9-22(16-21)32-3/h5,8-11,16-17,20H,4,6-7,12-15,18H2,1-3H3/t20-/m1/s1. The second-order valence-electron chi connectivity index (χ2n) is 8.57. The van der Waals surface area contributed by atoms with Gasteiger partial charge in [0.2, 0.25) is 5.91 Å². The Morgan fingerprint density at radius 1 is 1.28 bits per heavy atom. The molecule has 0 saturated carbocycles. The predicted octanol–water partition coefficient (Wildman–Crippen LogP) is 4.08. The molecule has 1 atom stereocenters. The van der Waals surface area contributed by atoms with Crippen molar-refractivity contribution < 1.29 is 9.53 Å². The van der Waals surface area contributed by atoms with Gasteiger partial charge in [0, 0.05) is 68.4 Å². The molecule has 1 aliphatic rings. The highest BCUT2D eigenvalue weighted by atomic mass is 16.5. The summed E-state index contributed by atoms with van der Waals surface area (Å²) in [5.74, 6) is 1.31. The molecule has 1 saturated heterocycles. The number of carbonyl (C=O) groups excluding carboxylic acids is 1. The molecular weight excluding hydrogens is 402 g/mol. The van der Waals surface area contributed by atoms with Crippen molar-refractivity contribution in [2.75, 3.05) is 38.7 Å². The maximum absolute atomic E-state index is 13.0. The number of nitrogens with zero attached hydrogens (tertiary/aromatic N) is 5. The quantitative estimate of drug-likeness (QED) is 0.533. The first-order valence-electron chi connectivity index (χ1n) is 11.5. The molecule has 7 heteroatoms. The molecule has 0 aliphatic carbocycles. The summed E-state index contributed by atoms with van der Waals surface area (Å²) < 4.78 is 7.29. The second-order valence-corrected chi connectivity index (χ2v) is 8.57. The predicted molar refractivity (Wildman–Crippen MR) is 127 cm³/mol. The highest BCUT2D eigenvalue weighted by molar-refractivity contribution is 5.77. The maximum Gasteiger partial charge on any atom is 0.224 e. The van der Waals surface area contributed by atoms with E-state index in [9.17, 15) is 4.79 Å². The summed E-state index contributed by atoms with van der Waals surface area (Å²) in [5, 5.41) is 5.54. The minimum atomic E-state index is 0.210. The number of methoxy groups -OCH3 is 1. The van der Waals surface area contributed by atoms with E-state index in [4.69, 9.17) is 9.72 Å². The average Bonchev–Trinajstić information content (AvgIpc) is 3.24. The second kappa shape index (κ2) is 10.0. The number of aryl methyl sites for hydroxylation is 1. The zero-order chi connectivity index (χ0) is 22.5. The Labute approximate surface area is 190 Å². The molecule has 3 aromatic rings. The van der Waals surface area contributed by atoms with E-state index in [0.29, 0.717) is 13.0 Å². The third kappa shape index (κ3) is 4.87. The van der Waals surface area contributed by atoms with Crippen LogP contribution in [0.15, 0.2) is 42.6 Å². The Balaban J connectivity index is 1.38. The molecule has 0 radical (unpaired) electrons. The van der Waals surface area contributed by atoms with Crippen molar-refractivity contribution in [1.82, 2.24) is 19.7 Å². The van der Waals surface area contributed by atoms with E-state index in [1.54, 1.807) is 7.11 Å². The number of rotatable bonds is 8. The summed E-state index contributed by atoms with van der Waals surface area (Å²) >= 11 is 0. The molecule has 0 N–H and O–H groups in total. The number of hydrogen-bond donors (Lipinski definition) is 0. The molecule has 0 spiro atoms. The van der Waals surface area contributed by atoms with Crippen molar-refractivity contribution in [2.45, 2.75) is 45.1 Å². The van der Waals surface area contributed by atoms with Crippen LogP contribution in [0.1, 0.15) is 44.2 Å². The summed E-state index contributed by atoms with van der Waals surface area (Å²) in [7, 11) is 3.68. The SMILES string of the molecule is CCCn1ncc2ccc([C@@H]3CCCN(C(=O)CCN(C)c4cccc(OC)c4)C3)nc21. The molecule has 32 heavy (non-hydrogen) atoms. The van der Waals surface area contributed by atoms with Crippen molar-refractivity contribution >= 4 is 22.6 Å². The number of piperidine rings is 1. The lowest BCUT2D eigenvalue weighted by Gasteiger charge is -2.33. The molecule has 4 rings (SSSR count). The van der Waals surface area contributed by atoms with Crippen LogP contribution in [0.5, 0.6) is 5.75 Å². The molecule has 1 fully saturated rings. The number of amides is 1. The number of carbonyl (C=O) groups is 1. The number of fused-ring (bicyclic) bond motifs is 1. The molecule has 1 aromatic carbocycles. The van der Waals surface area contributed by atoms with Gasteiger partial charge in [-0.1, -0.05) is 13.0 Å². The Kier molecular flexibility index (Phi) is 6.93. The third-order valence-electron chi connectivity index (χ3n) is 6.29. The Morgan fingerprint density at radius 3 is 2.97 bits per heavy atom. The smallest absolute Gasteiger partial charge is 0.224 e. The van der Waals surface area contributed by atoms with Gasteiger partial charge in [-0.25, -0.2) is 9.67 Å². The lowest BCUT2D eigenvalue weighted by Crippen LogP contribution is -2.40. The minimum absolute atomic E-state index is 0.210. The number of likely N-dealkylation sites (tertiary alicyclic amines) is 1. The van der Waals surface area contributed by atoms with Crippen molar-refractivity contribution in [3.05, 3.63) is 48.3 Å². The van der Waals surface area contributed by atoms with Gasteiger partial charge in [0.15, 0.2) is 5.65 Å². The number of benzene rings is 1. The topological polar surface area (TPSA) is 63.5 Å². The number of anilines is 1. The van der Waals surface area contributed by atoms with Crippen molar-refractivity contribution in [3.63, 3.8) is 0 Å². The molecule has 170 valence electrons. The van der Waals surface area contributed by atoms with E-state index in [-0.39, 0.29) is 11.8 Å². The first-order chi connectivity index (χ1) is 15.6. The lowest BCUT2D eigenvalue weighted by atomic mass is 9.94. The van der Waals surface area contributed by atoms with Gasteiger partial charge in [0.05, 0.1) is 13.3 Å². The molecule has 1 amide bonds. The average molecular weight is 436 g/mol. The van der Waals surface area contributed by atoms with Crippen LogP contribution in [0.3, 0.4) is 0 Å². The molecule has 2 aromatic heterocycles. The fourth-order valence-corrected chi connectivity index (χ4v) is 4.41. The minimum Gasteiger partial charge on any atom is -0.497 e. The van der Waals surface area contributed by atoms with E-state index in [1.807, 2.05) is 47.1 Å². The highest BCUT2D eigenvalue weighted by Gasteiger charge is 2.26. The monoisotopic (exact) mass is 435 g/mol. The van der Waals surface area contributed by atoms with Crippen molar-refractivity contribution in [3.8, 4) is 5.75 Å². The van der Waals surface area contributed by atoms with Gasteiger partial charge >= 0.3 is 0 Å². The molecule has 7 nitrogen and oxygen atoms in total. The van der Waals surface area contributed by atoms with Crippen LogP contribution in [-0.2, 0) is 11.3 Å². The summed E-state index contributed by atoms with van der Waals surface area (Å²) in [5.41, 5.74) is 3.07. The van der Waals surface area contributed by atoms with E-state index in [2.05, 4.69) is 29.1 Å². The van der Waals surface area contributed by atoms with E-state index >= 15 is 0 Å². The van der Waals surface area contributed by atoms with Crippen molar-refractivity contribution in [2.24, 2.45) is 0 Å². The fraction of sp³-hybridized carbons (Fsp3) is 0.480. The highest BCUT2D eigenvalue weighted by Crippen LogP contribution is 2.28. The molecule has 0 unspecified atom stereocenters. The van der Waals surface area contributed by atoms with Crippen LogP contribution in [-0.4, -0.2) is 59.4 Å². The Bertz CT molecular complexity index is 1060. The van der Waals surface area contributed by atoms with Gasteiger partial charge in [0.25, 0.3) is 0 Å². The van der Waals surface area contributed by atoms with Gasteiger partial charge in [-0.05, 0) is 43.5 Å². The number of pyridine rings is 1. The lowest BCUT2D eigenvalue weighted by molar-refractivity contribution is -0.132. The Morgan fingerprint density at radius 2 is 2.16 bits per heavy atom. The zero-order valence-corrected chi connectivity index (χ0v) is 19.3. The van der Waals surface area contributed by atoms with Crippen molar-refractivity contribution in [1.29, 1.82) is 0 Å². The molecular formula is C25H33N5O2. The van der Waals surface area contributed by atoms with Crippen LogP contribution < -0.4 is 9.64 Å². The first-order valence-corrected chi connectivity index (χ1v) is 11.5. The Hall–Kier alpha value is -3.09. The van der Waals surface area contributed by atoms with Gasteiger partial charge in [-0.15, -0.1) is 0 Å². The van der Waals surface area contributed by atoms with Gasteiger partial charge < -0.3 is 14.5 Å². The largest absolute Gasteiger partial charge is 0.497 e. The molecule has 1 aliphatic heterocycles. The number of hydrogen-bond acceptors (Lipinski definition) is 5. The van der Waals surface area contributed by atoms with Crippen LogP contribution in [0, 0.1) is 0 Å². The van der Waals surface area contributed by atoms with Gasteiger partial charge in [0.1, 0.15) is 5.75 Å². The van der Waals surface area contributed by atoms with Crippen LogP contribution in [0.25, 0.3) is 11.0 Å². The summed E-state index contributed by atoms with van der Waals surface area (Å²) in [6.07, 6.45) is 5.48. The first kappa shape index (κ1) is 22.1. The third-order valence-corrected chi connectivity index (χ3v) is 6.29. The summed E-state index contributed by atoms with van der Waals surface area (Å²) in [4.78, 5) is 22.0. The van der Waals surface area contributed by atoms with Crippen LogP contribution in [0.4, 0.5) is 5.69 Å². The van der Waals surface area contributed by atoms with Gasteiger partial charge in [-0.3, -0.25) is 4.79 Å². The van der Waals surface area contributed by atoms with Crippen LogP contribution in [0.2, 0.25) is 0 Å². The molecule has 3 heterocycles. The fourth-order valence-electron chi connectivity index (χ4n) is 4.41. The van der Waals surface area contributed by atoms with E-state index < -0.39 is 0 Å². The summed E-state index contributed by atoms with van der Waals surface area (Å²) in [6, 6.07) is 12.1. The molecule has 0 bridgehead atoms. The maximum atomic E-state index is 13.0. The van der Waals surface area contributed by atoms with E-state index in [0.717, 1.165) is 67.1 Å². The summed E-state index contributed by atoms with van der Waals surface area (Å²) in [6.45, 7) is 5.26. The number of aromatic nitrogens is 3.